The third-order valence-electron chi connectivity index (χ3n) is 20.4. The van der Waals surface area contributed by atoms with E-state index in [1.54, 1.807) is 0 Å². The molecule has 9 aromatic rings. The van der Waals surface area contributed by atoms with Gasteiger partial charge in [-0.3, -0.25) is 0 Å². The first-order valence-corrected chi connectivity index (χ1v) is 29.1. The quantitative estimate of drug-likeness (QED) is 0.165. The maximum Gasteiger partial charge on any atom is 0.297 e. The van der Waals surface area contributed by atoms with Crippen LogP contribution in [0.4, 0.5) is 34.1 Å². The Morgan fingerprint density at radius 3 is 1.62 bits per heavy atom. The van der Waals surface area contributed by atoms with Gasteiger partial charge >= 0.3 is 0 Å². The van der Waals surface area contributed by atoms with Crippen LogP contribution < -0.4 is 26.4 Å². The van der Waals surface area contributed by atoms with Crippen molar-refractivity contribution >= 4 is 90.3 Å². The lowest BCUT2D eigenvalue weighted by atomic mass is 9.35. The zero-order valence-corrected chi connectivity index (χ0v) is 48.6. The summed E-state index contributed by atoms with van der Waals surface area (Å²) >= 11 is 0. The van der Waals surface area contributed by atoms with Crippen LogP contribution in [0.15, 0.2) is 124 Å². The van der Waals surface area contributed by atoms with Gasteiger partial charge in [0.25, 0.3) is 6.71 Å². The standard InChI is InChI=1S/C72H77BN2O2/c1-41(2)44-21-24-61-47(33-44)48-37-58-56(40-63(48)76-61)73-64-59(31-42(3)32-60(64)75(58)57-38-54-52(69(8,9)27-29-71(54,12)13)35-46(57)43-19-17-16-18-20-43)74(45-22-23-50-51(34-45)68(6,7)26-25-67(50,4)5)65-49-36-53-55(39-62(49)77-66(65)73)72(14,15)30-28-70(53,10)11/h16-24,31-41H,25-30H2,1-15H3. The van der Waals surface area contributed by atoms with E-state index in [0.29, 0.717) is 5.92 Å². The van der Waals surface area contributed by atoms with Crippen molar-refractivity contribution in [3.63, 3.8) is 0 Å². The van der Waals surface area contributed by atoms with Crippen molar-refractivity contribution in [1.29, 1.82) is 0 Å². The molecule has 0 spiro atoms. The van der Waals surface area contributed by atoms with Crippen LogP contribution >= 0.6 is 0 Å². The predicted octanol–water partition coefficient (Wildman–Crippen LogP) is 18.6. The lowest BCUT2D eigenvalue weighted by molar-refractivity contribution is 0.332. The van der Waals surface area contributed by atoms with E-state index in [1.165, 1.54) is 107 Å². The fraction of sp³-hybridized carbons (Fsp3) is 0.389. The van der Waals surface area contributed by atoms with Gasteiger partial charge in [-0.2, -0.15) is 0 Å². The van der Waals surface area contributed by atoms with Crippen LogP contribution in [0.1, 0.15) is 186 Å². The predicted molar refractivity (Wildman–Crippen MR) is 328 cm³/mol. The Kier molecular flexibility index (Phi) is 10.1. The molecule has 0 N–H and O–H groups in total. The van der Waals surface area contributed by atoms with Crippen LogP contribution in [0.3, 0.4) is 0 Å². The van der Waals surface area contributed by atoms with E-state index in [4.69, 9.17) is 8.83 Å². The molecular formula is C72H77BN2O2. The lowest BCUT2D eigenvalue weighted by Crippen LogP contribution is -2.61. The van der Waals surface area contributed by atoms with E-state index in [2.05, 4.69) is 229 Å². The number of fused-ring (bicyclic) bond motifs is 12. The second kappa shape index (κ2) is 15.9. The molecule has 3 aliphatic carbocycles. The van der Waals surface area contributed by atoms with Gasteiger partial charge in [0.05, 0.1) is 17.0 Å². The van der Waals surface area contributed by atoms with Crippen LogP contribution in [0.2, 0.25) is 0 Å². The summed E-state index contributed by atoms with van der Waals surface area (Å²) in [6.45, 7) is 36.1. The van der Waals surface area contributed by atoms with Gasteiger partial charge in [-0.15, -0.1) is 0 Å². The smallest absolute Gasteiger partial charge is 0.297 e. The number of hydrogen-bond acceptors (Lipinski definition) is 4. The molecule has 390 valence electrons. The molecule has 2 aromatic heterocycles. The first kappa shape index (κ1) is 48.9. The van der Waals surface area contributed by atoms with E-state index in [9.17, 15) is 0 Å². The molecule has 4 heterocycles. The summed E-state index contributed by atoms with van der Waals surface area (Å²) < 4.78 is 14.8. The molecule has 0 saturated carbocycles. The minimum atomic E-state index is -0.228. The molecule has 0 amide bonds. The number of anilines is 6. The fourth-order valence-electron chi connectivity index (χ4n) is 15.2. The molecule has 0 unspecified atom stereocenters. The lowest BCUT2D eigenvalue weighted by Gasteiger charge is -2.46. The van der Waals surface area contributed by atoms with Crippen LogP contribution in [-0.4, -0.2) is 6.71 Å². The van der Waals surface area contributed by atoms with Gasteiger partial charge in [-0.25, -0.2) is 0 Å². The highest BCUT2D eigenvalue weighted by molar-refractivity contribution is 7.00. The highest BCUT2D eigenvalue weighted by Gasteiger charge is 2.50. The summed E-state index contributed by atoms with van der Waals surface area (Å²) in [6.07, 6.45) is 6.88. The minimum absolute atomic E-state index is 0.0151. The van der Waals surface area contributed by atoms with Gasteiger partial charge in [0.15, 0.2) is 0 Å². The largest absolute Gasteiger partial charge is 0.468 e. The molecule has 0 bridgehead atoms. The SMILES string of the molecule is Cc1cc2c3c(c1)N(c1ccc4c(c1)C(C)(C)CCC4(C)C)c1c(oc4cc5c(cc14)C(C)(C)CCC5(C)C)B3c1cc3oc4ccc(C(C)C)cc4c3cc1N2c1cc2c(cc1-c1ccccc1)C(C)(C)CCC2(C)C. The normalized spacial score (nSPS) is 19.7. The van der Waals surface area contributed by atoms with Gasteiger partial charge < -0.3 is 18.6 Å². The number of rotatable bonds is 4. The number of aryl methyl sites for hydroxylation is 1. The maximum absolute atomic E-state index is 7.77. The highest BCUT2D eigenvalue weighted by atomic mass is 16.3. The Balaban J connectivity index is 1.14. The summed E-state index contributed by atoms with van der Waals surface area (Å²) in [4.78, 5) is 5.32. The molecule has 5 aliphatic rings. The topological polar surface area (TPSA) is 32.8 Å². The van der Waals surface area contributed by atoms with Gasteiger partial charge in [-0.05, 0) is 218 Å². The van der Waals surface area contributed by atoms with Crippen molar-refractivity contribution < 1.29 is 8.83 Å². The van der Waals surface area contributed by atoms with Crippen LogP contribution in [-0.2, 0) is 32.5 Å². The third kappa shape index (κ3) is 7.02. The molecular weight excluding hydrogens is 936 g/mol. The number of nitrogens with zero attached hydrogens (tertiary/aromatic N) is 2. The Hall–Kier alpha value is -6.46. The van der Waals surface area contributed by atoms with Crippen molar-refractivity contribution in [2.45, 2.75) is 181 Å². The highest BCUT2D eigenvalue weighted by Crippen LogP contribution is 2.56. The van der Waals surface area contributed by atoms with Crippen LogP contribution in [0.5, 0.6) is 0 Å². The molecule has 0 radical (unpaired) electrons. The molecule has 77 heavy (non-hydrogen) atoms. The molecule has 7 aromatic carbocycles. The van der Waals surface area contributed by atoms with Crippen molar-refractivity contribution in [2.75, 3.05) is 9.80 Å². The molecule has 0 atom stereocenters. The molecule has 5 heteroatoms. The summed E-state index contributed by atoms with van der Waals surface area (Å²) in [5.41, 5.74) is 27.3. The maximum atomic E-state index is 7.77. The second-order valence-electron chi connectivity index (χ2n) is 28.8. The first-order valence-electron chi connectivity index (χ1n) is 29.1. The molecule has 2 aliphatic heterocycles. The molecule has 0 saturated heterocycles. The Morgan fingerprint density at radius 2 is 0.987 bits per heavy atom. The number of furan rings is 2. The zero-order valence-electron chi connectivity index (χ0n) is 48.6. The molecule has 14 rings (SSSR count). The Morgan fingerprint density at radius 1 is 0.442 bits per heavy atom. The summed E-state index contributed by atoms with van der Waals surface area (Å²) in [7, 11) is 0. The van der Waals surface area contributed by atoms with Gasteiger partial charge in [-0.1, -0.05) is 139 Å². The van der Waals surface area contributed by atoms with Gasteiger partial charge in [0, 0.05) is 44.5 Å². The fourth-order valence-corrected chi connectivity index (χ4v) is 15.2. The first-order chi connectivity index (χ1) is 36.3. The zero-order chi connectivity index (χ0) is 53.8. The monoisotopic (exact) mass is 1010 g/mol. The summed E-state index contributed by atoms with van der Waals surface area (Å²) in [6, 6.07) is 45.6. The van der Waals surface area contributed by atoms with E-state index in [-0.39, 0.29) is 39.2 Å². The Labute approximate surface area is 458 Å². The van der Waals surface area contributed by atoms with E-state index >= 15 is 0 Å². The number of benzene rings is 7. The van der Waals surface area contributed by atoms with Gasteiger partial charge in [0.2, 0.25) is 0 Å². The van der Waals surface area contributed by atoms with E-state index in [0.717, 1.165) is 71.0 Å². The summed E-state index contributed by atoms with van der Waals surface area (Å²) in [5, 5.41) is 3.49. The van der Waals surface area contributed by atoms with E-state index < -0.39 is 0 Å². The second-order valence-corrected chi connectivity index (χ2v) is 28.8. The van der Waals surface area contributed by atoms with Crippen molar-refractivity contribution in [2.24, 2.45) is 0 Å². The average molecular weight is 1010 g/mol. The van der Waals surface area contributed by atoms with E-state index in [1.807, 2.05) is 0 Å². The summed E-state index contributed by atoms with van der Waals surface area (Å²) in [5.74, 6) is 0.384. The van der Waals surface area contributed by atoms with Crippen LogP contribution in [0, 0.1) is 6.92 Å². The average Bonchev–Trinajstić information content (AvgIpc) is 4.18. The molecule has 0 fully saturated rings. The van der Waals surface area contributed by atoms with Crippen molar-refractivity contribution in [3.8, 4) is 11.1 Å². The number of hydrogen-bond donors (Lipinski definition) is 0. The van der Waals surface area contributed by atoms with Gasteiger partial charge in [0.1, 0.15) is 16.7 Å². The van der Waals surface area contributed by atoms with Crippen molar-refractivity contribution in [3.05, 3.63) is 160 Å². The third-order valence-corrected chi connectivity index (χ3v) is 20.4. The minimum Gasteiger partial charge on any atom is -0.468 e. The van der Waals surface area contributed by atoms with Crippen LogP contribution in [0.25, 0.3) is 44.0 Å². The van der Waals surface area contributed by atoms with Crippen molar-refractivity contribution in [1.82, 2.24) is 0 Å². The Bertz CT molecular complexity index is 4000. The molecule has 4 nitrogen and oxygen atoms in total.